The number of carboxylic acids is 1. The molecule has 4 unspecified atom stereocenters. The number of phenols is 1. The molecule has 0 aromatic heterocycles. The first-order chi connectivity index (χ1) is 19.5. The number of aliphatic carboxylic acids is 1. The third kappa shape index (κ3) is 12.0. The SMILES string of the molecule is CC(C)CC(NC(=O)C(CCCCN)NC(=O)C(N)Cc1ccc(O)cc1)C(=O)NC(Cc1ccccc1)C(=O)O. The quantitative estimate of drug-likeness (QED) is 0.138. The number of aromatic hydroxyl groups is 1. The van der Waals surface area contributed by atoms with E-state index in [0.29, 0.717) is 19.4 Å². The number of unbranched alkanes of at least 4 members (excludes halogenated alkanes) is 1. The highest BCUT2D eigenvalue weighted by molar-refractivity contribution is 5.94. The summed E-state index contributed by atoms with van der Waals surface area (Å²) in [5.41, 5.74) is 13.2. The Balaban J connectivity index is 2.12. The summed E-state index contributed by atoms with van der Waals surface area (Å²) in [6.45, 7) is 4.18. The highest BCUT2D eigenvalue weighted by Gasteiger charge is 2.30. The fourth-order valence-electron chi connectivity index (χ4n) is 4.32. The molecule has 11 heteroatoms. The van der Waals surface area contributed by atoms with Crippen molar-refractivity contribution in [3.63, 3.8) is 0 Å². The minimum Gasteiger partial charge on any atom is -0.508 e. The van der Waals surface area contributed by atoms with Crippen molar-refractivity contribution in [2.24, 2.45) is 17.4 Å². The summed E-state index contributed by atoms with van der Waals surface area (Å²) in [4.78, 5) is 51.4. The molecule has 0 aliphatic carbocycles. The maximum absolute atomic E-state index is 13.4. The van der Waals surface area contributed by atoms with Gasteiger partial charge in [-0.3, -0.25) is 14.4 Å². The van der Waals surface area contributed by atoms with Crippen LogP contribution in [0.4, 0.5) is 0 Å². The summed E-state index contributed by atoms with van der Waals surface area (Å²) >= 11 is 0. The van der Waals surface area contributed by atoms with E-state index in [1.807, 2.05) is 19.9 Å². The van der Waals surface area contributed by atoms with Crippen LogP contribution in [0, 0.1) is 5.92 Å². The van der Waals surface area contributed by atoms with Gasteiger partial charge < -0.3 is 37.6 Å². The second-order valence-electron chi connectivity index (χ2n) is 10.6. The smallest absolute Gasteiger partial charge is 0.326 e. The van der Waals surface area contributed by atoms with Crippen molar-refractivity contribution in [3.05, 3.63) is 65.7 Å². The van der Waals surface area contributed by atoms with Gasteiger partial charge in [-0.05, 0) is 67.8 Å². The van der Waals surface area contributed by atoms with E-state index in [1.165, 1.54) is 12.1 Å². The maximum atomic E-state index is 13.4. The Labute approximate surface area is 241 Å². The molecular formula is C30H43N5O6. The minimum absolute atomic E-state index is 0.00691. The van der Waals surface area contributed by atoms with Gasteiger partial charge in [-0.25, -0.2) is 4.79 Å². The highest BCUT2D eigenvalue weighted by atomic mass is 16.4. The van der Waals surface area contributed by atoms with Gasteiger partial charge in [-0.2, -0.15) is 0 Å². The van der Waals surface area contributed by atoms with E-state index < -0.39 is 47.9 Å². The topological polar surface area (TPSA) is 197 Å². The molecule has 2 rings (SSSR count). The summed E-state index contributed by atoms with van der Waals surface area (Å²) in [5, 5.41) is 27.2. The third-order valence-electron chi connectivity index (χ3n) is 6.55. The number of hydrogen-bond donors (Lipinski definition) is 7. The molecule has 4 atom stereocenters. The number of hydrogen-bond acceptors (Lipinski definition) is 7. The summed E-state index contributed by atoms with van der Waals surface area (Å²) in [5.74, 6) is -2.81. The molecule has 0 heterocycles. The van der Waals surface area contributed by atoms with Gasteiger partial charge in [0.05, 0.1) is 6.04 Å². The lowest BCUT2D eigenvalue weighted by Gasteiger charge is -2.26. The molecule has 0 spiro atoms. The van der Waals surface area contributed by atoms with Gasteiger partial charge in [0.2, 0.25) is 17.7 Å². The fourth-order valence-corrected chi connectivity index (χ4v) is 4.32. The van der Waals surface area contributed by atoms with Crippen molar-refractivity contribution < 1.29 is 29.4 Å². The summed E-state index contributed by atoms with van der Waals surface area (Å²) in [7, 11) is 0. The zero-order chi connectivity index (χ0) is 30.4. The number of phenolic OH excluding ortho intramolecular Hbond substituents is 1. The average Bonchev–Trinajstić information content (AvgIpc) is 2.93. The van der Waals surface area contributed by atoms with Gasteiger partial charge in [-0.15, -0.1) is 0 Å². The average molecular weight is 570 g/mol. The van der Waals surface area contributed by atoms with Crippen molar-refractivity contribution in [2.45, 2.75) is 76.5 Å². The normalized spacial score (nSPS) is 14.0. The van der Waals surface area contributed by atoms with Gasteiger partial charge in [0.25, 0.3) is 0 Å². The molecular weight excluding hydrogens is 526 g/mol. The Kier molecular flexibility index (Phi) is 13.8. The molecule has 2 aromatic carbocycles. The van der Waals surface area contributed by atoms with Crippen molar-refractivity contribution in [3.8, 4) is 5.75 Å². The van der Waals surface area contributed by atoms with Crippen molar-refractivity contribution >= 4 is 23.7 Å². The van der Waals surface area contributed by atoms with Crippen molar-refractivity contribution in [1.29, 1.82) is 0 Å². The van der Waals surface area contributed by atoms with Gasteiger partial charge in [0.15, 0.2) is 0 Å². The lowest BCUT2D eigenvalue weighted by molar-refractivity contribution is -0.142. The Morgan fingerprint density at radius 2 is 1.32 bits per heavy atom. The van der Waals surface area contributed by atoms with E-state index in [1.54, 1.807) is 36.4 Å². The molecule has 11 nitrogen and oxygen atoms in total. The largest absolute Gasteiger partial charge is 0.508 e. The number of nitrogens with one attached hydrogen (secondary N) is 3. The molecule has 0 saturated carbocycles. The number of carboxylic acid groups (broad SMARTS) is 1. The van der Waals surface area contributed by atoms with Crippen LogP contribution in [0.5, 0.6) is 5.75 Å². The number of amides is 3. The van der Waals surface area contributed by atoms with Crippen LogP contribution in [0.2, 0.25) is 0 Å². The summed E-state index contributed by atoms with van der Waals surface area (Å²) in [6.07, 6.45) is 2.01. The number of carbonyl (C=O) groups is 4. The first-order valence-electron chi connectivity index (χ1n) is 13.9. The summed E-state index contributed by atoms with van der Waals surface area (Å²) < 4.78 is 0. The van der Waals surface area contributed by atoms with Crippen LogP contribution >= 0.6 is 0 Å². The molecule has 41 heavy (non-hydrogen) atoms. The Hall–Kier alpha value is -3.96. The first-order valence-corrected chi connectivity index (χ1v) is 13.9. The van der Waals surface area contributed by atoms with Crippen molar-refractivity contribution in [2.75, 3.05) is 6.54 Å². The van der Waals surface area contributed by atoms with E-state index in [-0.39, 0.29) is 37.4 Å². The fraction of sp³-hybridized carbons (Fsp3) is 0.467. The number of nitrogens with two attached hydrogens (primary N) is 2. The van der Waals surface area contributed by atoms with E-state index in [2.05, 4.69) is 16.0 Å². The predicted octanol–water partition coefficient (Wildman–Crippen LogP) is 1.22. The first kappa shape index (κ1) is 33.2. The van der Waals surface area contributed by atoms with E-state index in [9.17, 15) is 29.4 Å². The molecule has 0 saturated heterocycles. The van der Waals surface area contributed by atoms with E-state index in [4.69, 9.17) is 11.5 Å². The molecule has 0 fully saturated rings. The standard InChI is InChI=1S/C30H43N5O6/c1-19(2)16-25(29(39)35-26(30(40)41)18-20-8-4-3-5-9-20)34-28(38)24(10-6-7-15-31)33-27(37)23(32)17-21-11-13-22(36)14-12-21/h3-5,8-9,11-14,19,23-26,36H,6-7,10,15-18,31-32H2,1-2H3,(H,33,37)(H,34,38)(H,35,39)(H,40,41). The molecule has 3 amide bonds. The van der Waals surface area contributed by atoms with Crippen LogP contribution in [0.1, 0.15) is 50.7 Å². The Morgan fingerprint density at radius 1 is 0.756 bits per heavy atom. The molecule has 0 bridgehead atoms. The second kappa shape index (κ2) is 17.0. The van der Waals surface area contributed by atoms with Gasteiger partial charge >= 0.3 is 5.97 Å². The van der Waals surface area contributed by atoms with Crippen molar-refractivity contribution in [1.82, 2.24) is 16.0 Å². The minimum atomic E-state index is -1.19. The number of carbonyl (C=O) groups excluding carboxylic acids is 3. The maximum Gasteiger partial charge on any atom is 0.326 e. The highest BCUT2D eigenvalue weighted by Crippen LogP contribution is 2.12. The van der Waals surface area contributed by atoms with E-state index in [0.717, 1.165) is 11.1 Å². The van der Waals surface area contributed by atoms with Gasteiger partial charge in [0, 0.05) is 6.42 Å². The molecule has 0 aliphatic rings. The van der Waals surface area contributed by atoms with Crippen LogP contribution in [-0.4, -0.2) is 64.6 Å². The van der Waals surface area contributed by atoms with Crippen LogP contribution < -0.4 is 27.4 Å². The van der Waals surface area contributed by atoms with Crippen LogP contribution in [0.25, 0.3) is 0 Å². The molecule has 2 aromatic rings. The molecule has 0 aliphatic heterocycles. The number of rotatable bonds is 17. The van der Waals surface area contributed by atoms with Gasteiger partial charge in [0.1, 0.15) is 23.9 Å². The van der Waals surface area contributed by atoms with Crippen LogP contribution in [0.15, 0.2) is 54.6 Å². The van der Waals surface area contributed by atoms with E-state index >= 15 is 0 Å². The molecule has 9 N–H and O–H groups in total. The van der Waals surface area contributed by atoms with Crippen LogP contribution in [0.3, 0.4) is 0 Å². The zero-order valence-corrected chi connectivity index (χ0v) is 23.7. The second-order valence-corrected chi connectivity index (χ2v) is 10.6. The predicted molar refractivity (Wildman–Crippen MR) is 156 cm³/mol. The number of benzene rings is 2. The third-order valence-corrected chi connectivity index (χ3v) is 6.55. The van der Waals surface area contributed by atoms with Gasteiger partial charge in [-0.1, -0.05) is 56.3 Å². The molecule has 0 radical (unpaired) electrons. The Bertz CT molecular complexity index is 1130. The summed E-state index contributed by atoms with van der Waals surface area (Å²) in [6, 6.07) is 11.1. The Morgan fingerprint density at radius 3 is 1.90 bits per heavy atom. The lowest BCUT2D eigenvalue weighted by Crippen LogP contribution is -2.57. The zero-order valence-electron chi connectivity index (χ0n) is 23.7. The van der Waals surface area contributed by atoms with Crippen LogP contribution in [-0.2, 0) is 32.0 Å². The monoisotopic (exact) mass is 569 g/mol. The molecule has 224 valence electrons. The lowest BCUT2D eigenvalue weighted by atomic mass is 10.00.